The number of benzene rings is 2. The number of ketones is 2. The van der Waals surface area contributed by atoms with Crippen molar-refractivity contribution in [3.8, 4) is 0 Å². The monoisotopic (exact) mass is 583 g/mol. The maximum absolute atomic E-state index is 13.2. The number of carbonyl (C=O) groups excluding carboxylic acids is 2. The molecule has 0 aliphatic carbocycles. The molecule has 0 radical (unpaired) electrons. The van der Waals surface area contributed by atoms with E-state index >= 15 is 0 Å². The van der Waals surface area contributed by atoms with Crippen molar-refractivity contribution in [1.82, 2.24) is 0 Å². The van der Waals surface area contributed by atoms with Gasteiger partial charge in [-0.1, -0.05) is 71.4 Å². The molecule has 1 aliphatic rings. The molecule has 4 nitrogen and oxygen atoms in total. The highest BCUT2D eigenvalue weighted by Crippen LogP contribution is 2.35. The minimum Gasteiger partial charge on any atom is -0.465 e. The molecule has 0 N–H and O–H groups in total. The zero-order valence-electron chi connectivity index (χ0n) is 27.3. The number of anilines is 1. The van der Waals surface area contributed by atoms with Crippen molar-refractivity contribution in [3.05, 3.63) is 95.5 Å². The molecule has 1 atom stereocenters. The van der Waals surface area contributed by atoms with Crippen LogP contribution in [-0.2, 0) is 11.2 Å². The SMILES string of the molecule is C=C(Cc1cc(C(=O)CCCCCC(=O)CC(C)CC)ccc1N1CCC(c2ccccc2C)CC1)c1ccco1.CC. The molecule has 43 heavy (non-hydrogen) atoms. The van der Waals surface area contributed by atoms with Gasteiger partial charge >= 0.3 is 0 Å². The molecule has 1 fully saturated rings. The Hall–Kier alpha value is -3.40. The van der Waals surface area contributed by atoms with E-state index in [1.165, 1.54) is 16.8 Å². The van der Waals surface area contributed by atoms with E-state index in [0.717, 1.165) is 74.1 Å². The van der Waals surface area contributed by atoms with E-state index in [1.54, 1.807) is 6.26 Å². The van der Waals surface area contributed by atoms with Crippen molar-refractivity contribution in [1.29, 1.82) is 0 Å². The van der Waals surface area contributed by atoms with Crippen LogP contribution in [0.15, 0.2) is 71.9 Å². The number of allylic oxidation sites excluding steroid dienone is 1. The zero-order valence-corrected chi connectivity index (χ0v) is 27.3. The van der Waals surface area contributed by atoms with E-state index in [-0.39, 0.29) is 5.78 Å². The molecule has 1 aromatic heterocycles. The van der Waals surface area contributed by atoms with E-state index in [4.69, 9.17) is 4.42 Å². The minimum absolute atomic E-state index is 0.172. The van der Waals surface area contributed by atoms with Crippen LogP contribution < -0.4 is 4.90 Å². The summed E-state index contributed by atoms with van der Waals surface area (Å²) in [6.07, 6.45) is 10.0. The summed E-state index contributed by atoms with van der Waals surface area (Å²) in [5.74, 6) is 2.36. The Bertz CT molecular complexity index is 1300. The molecule has 0 saturated carbocycles. The number of nitrogens with zero attached hydrogens (tertiary/aromatic N) is 1. The van der Waals surface area contributed by atoms with Crippen molar-refractivity contribution in [3.63, 3.8) is 0 Å². The van der Waals surface area contributed by atoms with Crippen LogP contribution in [0.2, 0.25) is 0 Å². The Labute approximate surface area is 260 Å². The highest BCUT2D eigenvalue weighted by Gasteiger charge is 2.24. The summed E-state index contributed by atoms with van der Waals surface area (Å²) in [6, 6.07) is 18.8. The van der Waals surface area contributed by atoms with E-state index in [2.05, 4.69) is 68.6 Å². The molecule has 1 aliphatic heterocycles. The largest absolute Gasteiger partial charge is 0.465 e. The number of furan rings is 1. The van der Waals surface area contributed by atoms with Gasteiger partial charge in [0.05, 0.1) is 6.26 Å². The molecule has 1 saturated heterocycles. The molecule has 4 rings (SSSR count). The van der Waals surface area contributed by atoms with Gasteiger partial charge in [-0.15, -0.1) is 0 Å². The average molecular weight is 584 g/mol. The molecule has 0 spiro atoms. The maximum atomic E-state index is 13.2. The first kappa shape index (κ1) is 34.1. The second-order valence-electron chi connectivity index (χ2n) is 12.0. The third-order valence-electron chi connectivity index (χ3n) is 8.77. The first-order chi connectivity index (χ1) is 20.9. The lowest BCUT2D eigenvalue weighted by molar-refractivity contribution is -0.120. The topological polar surface area (TPSA) is 50.5 Å². The summed E-state index contributed by atoms with van der Waals surface area (Å²) in [7, 11) is 0. The van der Waals surface area contributed by atoms with Gasteiger partial charge < -0.3 is 9.32 Å². The fourth-order valence-electron chi connectivity index (χ4n) is 6.05. The summed E-state index contributed by atoms with van der Waals surface area (Å²) in [4.78, 5) is 27.8. The van der Waals surface area contributed by atoms with Crippen molar-refractivity contribution < 1.29 is 14.0 Å². The standard InChI is InChI=1S/C37H47NO3.C2H6/c1-5-27(2)24-33(39)13-7-6-8-15-36(40)31-17-18-35(32(26-31)25-29(4)37-16-11-23-41-37)38-21-19-30(20-22-38)34-14-10-9-12-28(34)3;1-2/h9-12,14,16-18,23,26-27,30H,4-8,13,15,19-22,24-25H2,1-3H3;1-2H3. The molecular weight excluding hydrogens is 530 g/mol. The number of piperidine rings is 1. The molecule has 232 valence electrons. The fraction of sp³-hybridized carbons (Fsp3) is 0.487. The fourth-order valence-corrected chi connectivity index (χ4v) is 6.05. The summed E-state index contributed by atoms with van der Waals surface area (Å²) in [5, 5.41) is 0. The van der Waals surface area contributed by atoms with E-state index in [0.29, 0.717) is 43.3 Å². The summed E-state index contributed by atoms with van der Waals surface area (Å²) in [5.41, 5.74) is 6.84. The minimum atomic E-state index is 0.172. The number of carbonyl (C=O) groups is 2. The quantitative estimate of drug-likeness (QED) is 0.132. The van der Waals surface area contributed by atoms with Crippen LogP contribution in [0.3, 0.4) is 0 Å². The van der Waals surface area contributed by atoms with Crippen LogP contribution in [0.4, 0.5) is 5.69 Å². The van der Waals surface area contributed by atoms with Crippen molar-refractivity contribution in [2.45, 2.75) is 105 Å². The van der Waals surface area contributed by atoms with Gasteiger partial charge in [0.25, 0.3) is 0 Å². The Kier molecular flexibility index (Phi) is 14.0. The normalized spacial score (nSPS) is 14.1. The molecule has 0 amide bonds. The predicted octanol–water partition coefficient (Wildman–Crippen LogP) is 10.4. The van der Waals surface area contributed by atoms with Gasteiger partial charge in [0, 0.05) is 50.0 Å². The summed E-state index contributed by atoms with van der Waals surface area (Å²) in [6.45, 7) is 16.7. The first-order valence-electron chi connectivity index (χ1n) is 16.6. The molecule has 1 unspecified atom stereocenters. The number of hydrogen-bond acceptors (Lipinski definition) is 4. The van der Waals surface area contributed by atoms with Crippen LogP contribution in [-0.4, -0.2) is 24.7 Å². The third-order valence-corrected chi connectivity index (χ3v) is 8.77. The summed E-state index contributed by atoms with van der Waals surface area (Å²) >= 11 is 0. The van der Waals surface area contributed by atoms with Gasteiger partial charge in [-0.05, 0) is 97.0 Å². The van der Waals surface area contributed by atoms with E-state index < -0.39 is 0 Å². The highest BCUT2D eigenvalue weighted by molar-refractivity contribution is 5.97. The number of Topliss-reactive ketones (excluding diaryl/α,β-unsaturated/α-hetero) is 2. The van der Waals surface area contributed by atoms with Crippen LogP contribution in [0.25, 0.3) is 5.57 Å². The second-order valence-corrected chi connectivity index (χ2v) is 12.0. The van der Waals surface area contributed by atoms with Crippen LogP contribution >= 0.6 is 0 Å². The van der Waals surface area contributed by atoms with Gasteiger partial charge in [0.1, 0.15) is 11.5 Å². The van der Waals surface area contributed by atoms with E-state index in [9.17, 15) is 9.59 Å². The molecule has 3 aromatic rings. The Balaban J connectivity index is 0.00000248. The Morgan fingerprint density at radius 3 is 2.37 bits per heavy atom. The Morgan fingerprint density at radius 1 is 0.977 bits per heavy atom. The van der Waals surface area contributed by atoms with Crippen LogP contribution in [0.5, 0.6) is 0 Å². The van der Waals surface area contributed by atoms with Gasteiger partial charge in [0.15, 0.2) is 5.78 Å². The van der Waals surface area contributed by atoms with Crippen LogP contribution in [0.1, 0.15) is 124 Å². The molecule has 2 heterocycles. The lowest BCUT2D eigenvalue weighted by atomic mass is 9.86. The summed E-state index contributed by atoms with van der Waals surface area (Å²) < 4.78 is 5.62. The zero-order chi connectivity index (χ0) is 31.2. The van der Waals surface area contributed by atoms with Crippen LogP contribution in [0, 0.1) is 12.8 Å². The van der Waals surface area contributed by atoms with Crippen molar-refractivity contribution in [2.24, 2.45) is 5.92 Å². The average Bonchev–Trinajstić information content (AvgIpc) is 3.58. The second kappa shape index (κ2) is 17.7. The first-order valence-corrected chi connectivity index (χ1v) is 16.6. The van der Waals surface area contributed by atoms with Gasteiger partial charge in [-0.2, -0.15) is 0 Å². The van der Waals surface area contributed by atoms with Crippen molar-refractivity contribution in [2.75, 3.05) is 18.0 Å². The number of hydrogen-bond donors (Lipinski definition) is 0. The number of unbranched alkanes of at least 4 members (excludes halogenated alkanes) is 2. The molecule has 4 heteroatoms. The van der Waals surface area contributed by atoms with Gasteiger partial charge in [-0.25, -0.2) is 0 Å². The third kappa shape index (κ3) is 10.1. The Morgan fingerprint density at radius 2 is 1.70 bits per heavy atom. The predicted molar refractivity (Wildman–Crippen MR) is 181 cm³/mol. The lowest BCUT2D eigenvalue weighted by Gasteiger charge is -2.35. The lowest BCUT2D eigenvalue weighted by Crippen LogP contribution is -2.33. The van der Waals surface area contributed by atoms with Gasteiger partial charge in [0.2, 0.25) is 0 Å². The van der Waals surface area contributed by atoms with Crippen molar-refractivity contribution >= 4 is 22.8 Å². The number of rotatable bonds is 15. The molecule has 2 aromatic carbocycles. The van der Waals surface area contributed by atoms with Gasteiger partial charge in [-0.3, -0.25) is 9.59 Å². The smallest absolute Gasteiger partial charge is 0.162 e. The molecular formula is C39H53NO3. The maximum Gasteiger partial charge on any atom is 0.162 e. The number of aryl methyl sites for hydroxylation is 1. The van der Waals surface area contributed by atoms with E-state index in [1.807, 2.05) is 32.0 Å². The molecule has 0 bridgehead atoms. The highest BCUT2D eigenvalue weighted by atomic mass is 16.3.